The van der Waals surface area contributed by atoms with E-state index in [0.29, 0.717) is 11.4 Å². The lowest BCUT2D eigenvalue weighted by Crippen LogP contribution is -2.44. The lowest BCUT2D eigenvalue weighted by Gasteiger charge is -2.23. The SMILES string of the molecule is C=C(c1cnccn1)N(CC(=O)O)C(=S)NN. The standard InChI is InChI=1S/C9H11N5O2S/c1-6(7-4-11-2-3-12-7)14(5-8(15)16)9(17)13-10/h2-4H,1,5,10H2,(H,13,17)(H,15,16). The van der Waals surface area contributed by atoms with Crippen molar-refractivity contribution in [2.24, 2.45) is 5.84 Å². The van der Waals surface area contributed by atoms with Crippen molar-refractivity contribution in [2.45, 2.75) is 0 Å². The second-order valence-corrected chi connectivity index (χ2v) is 3.35. The number of carbonyl (C=O) groups is 1. The molecular formula is C9H11N5O2S. The third-order valence-electron chi connectivity index (χ3n) is 1.85. The summed E-state index contributed by atoms with van der Waals surface area (Å²) in [5.41, 5.74) is 2.94. The molecule has 1 aromatic rings. The molecule has 4 N–H and O–H groups in total. The minimum absolute atomic E-state index is 0.0445. The van der Waals surface area contributed by atoms with E-state index in [1.54, 1.807) is 0 Å². The maximum Gasteiger partial charge on any atom is 0.323 e. The molecule has 90 valence electrons. The molecular weight excluding hydrogens is 242 g/mol. The molecule has 0 aliphatic heterocycles. The Morgan fingerprint density at radius 2 is 2.35 bits per heavy atom. The number of nitrogens with zero attached hydrogens (tertiary/aromatic N) is 3. The van der Waals surface area contributed by atoms with E-state index >= 15 is 0 Å². The lowest BCUT2D eigenvalue weighted by atomic mass is 10.3. The number of rotatable bonds is 4. The number of hydrogen-bond donors (Lipinski definition) is 3. The van der Waals surface area contributed by atoms with Gasteiger partial charge < -0.3 is 15.4 Å². The Morgan fingerprint density at radius 3 is 2.82 bits per heavy atom. The van der Waals surface area contributed by atoms with E-state index in [1.807, 2.05) is 0 Å². The minimum Gasteiger partial charge on any atom is -0.480 e. The Bertz CT molecular complexity index is 436. The van der Waals surface area contributed by atoms with E-state index in [9.17, 15) is 4.79 Å². The molecule has 0 amide bonds. The molecule has 0 spiro atoms. The van der Waals surface area contributed by atoms with Gasteiger partial charge >= 0.3 is 5.97 Å². The summed E-state index contributed by atoms with van der Waals surface area (Å²) in [6.07, 6.45) is 4.42. The number of hydrogen-bond acceptors (Lipinski definition) is 5. The summed E-state index contributed by atoms with van der Waals surface area (Å²) in [6.45, 7) is 3.36. The van der Waals surface area contributed by atoms with Crippen LogP contribution in [0.3, 0.4) is 0 Å². The molecule has 0 aliphatic rings. The summed E-state index contributed by atoms with van der Waals surface area (Å²) in [5.74, 6) is 4.10. The topological polar surface area (TPSA) is 104 Å². The van der Waals surface area contributed by atoms with Gasteiger partial charge in [0.2, 0.25) is 0 Å². The number of carboxylic acid groups (broad SMARTS) is 1. The molecule has 0 aromatic carbocycles. The first-order valence-electron chi connectivity index (χ1n) is 4.51. The summed E-state index contributed by atoms with van der Waals surface area (Å²) < 4.78 is 0. The normalized spacial score (nSPS) is 9.47. The lowest BCUT2D eigenvalue weighted by molar-refractivity contribution is -0.136. The van der Waals surface area contributed by atoms with Crippen LogP contribution in [0.1, 0.15) is 5.69 Å². The van der Waals surface area contributed by atoms with Crippen LogP contribution in [0.5, 0.6) is 0 Å². The zero-order valence-electron chi connectivity index (χ0n) is 8.83. The van der Waals surface area contributed by atoms with E-state index < -0.39 is 5.97 Å². The molecule has 0 aliphatic carbocycles. The van der Waals surface area contributed by atoms with Crippen LogP contribution >= 0.6 is 12.2 Å². The van der Waals surface area contributed by atoms with Crippen molar-refractivity contribution in [3.05, 3.63) is 30.9 Å². The van der Waals surface area contributed by atoms with Crippen LogP contribution < -0.4 is 11.3 Å². The third-order valence-corrected chi connectivity index (χ3v) is 2.18. The molecule has 0 unspecified atom stereocenters. The van der Waals surface area contributed by atoms with Gasteiger partial charge in [0.1, 0.15) is 12.2 Å². The molecule has 0 atom stereocenters. The van der Waals surface area contributed by atoms with Gasteiger partial charge in [0.15, 0.2) is 5.11 Å². The highest BCUT2D eigenvalue weighted by atomic mass is 32.1. The Labute approximate surface area is 103 Å². The van der Waals surface area contributed by atoms with E-state index in [2.05, 4.69) is 22.0 Å². The Morgan fingerprint density at radius 1 is 1.65 bits per heavy atom. The molecule has 0 radical (unpaired) electrons. The third kappa shape index (κ3) is 3.47. The van der Waals surface area contributed by atoms with Crippen LogP contribution in [-0.2, 0) is 4.79 Å². The molecule has 8 heteroatoms. The van der Waals surface area contributed by atoms with E-state index in [1.165, 1.54) is 23.5 Å². The fourth-order valence-corrected chi connectivity index (χ4v) is 1.26. The Hall–Kier alpha value is -2.06. The smallest absolute Gasteiger partial charge is 0.323 e. The number of hydrazine groups is 1. The van der Waals surface area contributed by atoms with Crippen molar-refractivity contribution in [1.29, 1.82) is 0 Å². The Kier molecular flexibility index (Phi) is 4.49. The quantitative estimate of drug-likeness (QED) is 0.377. The summed E-state index contributed by atoms with van der Waals surface area (Å²) in [6, 6.07) is 0. The van der Waals surface area contributed by atoms with E-state index in [0.717, 1.165) is 0 Å². The number of nitrogens with one attached hydrogen (secondary N) is 1. The van der Waals surface area contributed by atoms with Gasteiger partial charge in [-0.2, -0.15) is 0 Å². The number of thiocarbonyl (C=S) groups is 1. The summed E-state index contributed by atoms with van der Waals surface area (Å²) >= 11 is 4.89. The van der Waals surface area contributed by atoms with Crippen LogP contribution in [0.4, 0.5) is 0 Å². The van der Waals surface area contributed by atoms with E-state index in [4.69, 9.17) is 23.2 Å². The number of nitrogens with two attached hydrogens (primary N) is 1. The van der Waals surface area contributed by atoms with Crippen LogP contribution in [0.2, 0.25) is 0 Å². The van der Waals surface area contributed by atoms with Crippen LogP contribution in [-0.4, -0.2) is 37.6 Å². The van der Waals surface area contributed by atoms with Crippen LogP contribution in [0.25, 0.3) is 5.70 Å². The van der Waals surface area contributed by atoms with Gasteiger partial charge in [0, 0.05) is 12.4 Å². The predicted molar refractivity (Wildman–Crippen MR) is 65.3 cm³/mol. The first kappa shape index (κ1) is 13.0. The van der Waals surface area contributed by atoms with E-state index in [-0.39, 0.29) is 11.7 Å². The molecule has 7 nitrogen and oxygen atoms in total. The molecule has 17 heavy (non-hydrogen) atoms. The summed E-state index contributed by atoms with van der Waals surface area (Å²) in [4.78, 5) is 19.8. The molecule has 1 aromatic heterocycles. The van der Waals surface area contributed by atoms with Crippen molar-refractivity contribution in [1.82, 2.24) is 20.3 Å². The maximum absolute atomic E-state index is 10.7. The average Bonchev–Trinajstić information content (AvgIpc) is 2.35. The molecule has 0 saturated heterocycles. The highest BCUT2D eigenvalue weighted by Crippen LogP contribution is 2.13. The maximum atomic E-state index is 10.7. The first-order valence-corrected chi connectivity index (χ1v) is 4.92. The molecule has 0 saturated carbocycles. The van der Waals surface area contributed by atoms with Gasteiger partial charge in [-0.15, -0.1) is 0 Å². The van der Waals surface area contributed by atoms with Crippen molar-refractivity contribution in [3.63, 3.8) is 0 Å². The van der Waals surface area contributed by atoms with Gasteiger partial charge in [-0.1, -0.05) is 6.58 Å². The minimum atomic E-state index is -1.06. The monoisotopic (exact) mass is 253 g/mol. The van der Waals surface area contributed by atoms with Crippen molar-refractivity contribution >= 4 is 29.0 Å². The van der Waals surface area contributed by atoms with Gasteiger partial charge in [0.25, 0.3) is 0 Å². The highest BCUT2D eigenvalue weighted by molar-refractivity contribution is 7.80. The average molecular weight is 253 g/mol. The van der Waals surface area contributed by atoms with Crippen molar-refractivity contribution in [3.8, 4) is 0 Å². The zero-order chi connectivity index (χ0) is 12.8. The molecule has 1 heterocycles. The second kappa shape index (κ2) is 5.87. The van der Waals surface area contributed by atoms with Crippen LogP contribution in [0.15, 0.2) is 25.2 Å². The first-order chi connectivity index (χ1) is 8.06. The number of carboxylic acids is 1. The fourth-order valence-electron chi connectivity index (χ4n) is 1.09. The highest BCUT2D eigenvalue weighted by Gasteiger charge is 2.18. The van der Waals surface area contributed by atoms with Gasteiger partial charge in [-0.25, -0.2) is 5.84 Å². The number of aromatic nitrogens is 2. The zero-order valence-corrected chi connectivity index (χ0v) is 9.65. The van der Waals surface area contributed by atoms with Gasteiger partial charge in [-0.05, 0) is 12.2 Å². The predicted octanol–water partition coefficient (Wildman–Crippen LogP) is -0.418. The molecule has 0 bridgehead atoms. The Balaban J connectivity index is 2.94. The van der Waals surface area contributed by atoms with Crippen LogP contribution in [0, 0.1) is 0 Å². The van der Waals surface area contributed by atoms with Crippen molar-refractivity contribution < 1.29 is 9.90 Å². The van der Waals surface area contributed by atoms with Gasteiger partial charge in [0.05, 0.1) is 11.9 Å². The molecule has 1 rings (SSSR count). The number of aliphatic carboxylic acids is 1. The fraction of sp³-hybridized carbons (Fsp3) is 0.111. The summed E-state index contributed by atoms with van der Waals surface area (Å²) in [7, 11) is 0. The van der Waals surface area contributed by atoms with Crippen molar-refractivity contribution in [2.75, 3.05) is 6.54 Å². The second-order valence-electron chi connectivity index (χ2n) is 2.97. The molecule has 0 fully saturated rings. The van der Waals surface area contributed by atoms with Gasteiger partial charge in [-0.3, -0.25) is 14.8 Å². The summed E-state index contributed by atoms with van der Waals surface area (Å²) in [5, 5.41) is 8.82. The largest absolute Gasteiger partial charge is 0.480 e.